The lowest BCUT2D eigenvalue weighted by atomic mass is 10.0. The summed E-state index contributed by atoms with van der Waals surface area (Å²) in [7, 11) is 3.27. The van der Waals surface area contributed by atoms with Crippen LogP contribution in [0.5, 0.6) is 5.88 Å². The largest absolute Gasteiger partial charge is 0.480 e. The Hall–Kier alpha value is -2.01. The maximum atomic E-state index is 14.2. The third kappa shape index (κ3) is 2.56. The summed E-state index contributed by atoms with van der Waals surface area (Å²) in [6.45, 7) is 1.74. The van der Waals surface area contributed by atoms with Crippen LogP contribution in [-0.2, 0) is 0 Å². The van der Waals surface area contributed by atoms with Crippen molar-refractivity contribution in [2.45, 2.75) is 13.0 Å². The van der Waals surface area contributed by atoms with Gasteiger partial charge in [-0.25, -0.2) is 9.37 Å². The second-order valence-electron chi connectivity index (χ2n) is 4.15. The van der Waals surface area contributed by atoms with Gasteiger partial charge >= 0.3 is 0 Å². The van der Waals surface area contributed by atoms with Gasteiger partial charge in [-0.05, 0) is 19.5 Å². The Morgan fingerprint density at radius 3 is 2.68 bits per heavy atom. The van der Waals surface area contributed by atoms with Crippen molar-refractivity contribution in [3.05, 3.63) is 53.2 Å². The van der Waals surface area contributed by atoms with Crippen molar-refractivity contribution in [1.82, 2.24) is 15.3 Å². The van der Waals surface area contributed by atoms with E-state index in [0.717, 1.165) is 0 Å². The number of benzene rings is 1. The highest BCUT2D eigenvalue weighted by atomic mass is 19.1. The van der Waals surface area contributed by atoms with Gasteiger partial charge in [0, 0.05) is 18.0 Å². The molecule has 0 radical (unpaired) electrons. The molecule has 1 unspecified atom stereocenters. The number of rotatable bonds is 4. The quantitative estimate of drug-likeness (QED) is 0.917. The number of aryl methyl sites for hydroxylation is 1. The van der Waals surface area contributed by atoms with Gasteiger partial charge in [-0.2, -0.15) is 0 Å². The van der Waals surface area contributed by atoms with Crippen LogP contribution in [0.25, 0.3) is 0 Å². The predicted octanol–water partition coefficient (Wildman–Crippen LogP) is 2.24. The lowest BCUT2D eigenvalue weighted by molar-refractivity contribution is 0.383. The SMILES string of the molecule is CNC(c1cccc(C)c1F)c1nccnc1OC. The second-order valence-corrected chi connectivity index (χ2v) is 4.15. The molecule has 19 heavy (non-hydrogen) atoms. The Bertz CT molecular complexity index is 574. The van der Waals surface area contributed by atoms with Crippen molar-refractivity contribution < 1.29 is 9.13 Å². The van der Waals surface area contributed by atoms with E-state index in [1.165, 1.54) is 7.11 Å². The van der Waals surface area contributed by atoms with E-state index >= 15 is 0 Å². The van der Waals surface area contributed by atoms with Gasteiger partial charge in [0.25, 0.3) is 0 Å². The fraction of sp³-hybridized carbons (Fsp3) is 0.286. The average molecular weight is 261 g/mol. The van der Waals surface area contributed by atoms with Crippen LogP contribution in [0.1, 0.15) is 22.9 Å². The van der Waals surface area contributed by atoms with Gasteiger partial charge in [-0.3, -0.25) is 4.98 Å². The summed E-state index contributed by atoms with van der Waals surface area (Å²) in [4.78, 5) is 8.35. The molecular formula is C14H16FN3O. The predicted molar refractivity (Wildman–Crippen MR) is 70.6 cm³/mol. The lowest BCUT2D eigenvalue weighted by Crippen LogP contribution is -2.21. The first-order valence-corrected chi connectivity index (χ1v) is 5.96. The summed E-state index contributed by atoms with van der Waals surface area (Å²) >= 11 is 0. The number of nitrogens with one attached hydrogen (secondary N) is 1. The monoisotopic (exact) mass is 261 g/mol. The summed E-state index contributed by atoms with van der Waals surface area (Å²) in [6, 6.07) is 4.89. The van der Waals surface area contributed by atoms with Crippen molar-refractivity contribution in [3.63, 3.8) is 0 Å². The van der Waals surface area contributed by atoms with E-state index in [2.05, 4.69) is 15.3 Å². The first-order chi connectivity index (χ1) is 9.19. The number of halogens is 1. The summed E-state index contributed by atoms with van der Waals surface area (Å²) < 4.78 is 19.4. The Morgan fingerprint density at radius 2 is 2.00 bits per heavy atom. The van der Waals surface area contributed by atoms with Gasteiger partial charge < -0.3 is 10.1 Å². The Kier molecular flexibility index (Phi) is 4.06. The molecule has 0 saturated heterocycles. The number of aromatic nitrogens is 2. The first-order valence-electron chi connectivity index (χ1n) is 5.96. The number of ether oxygens (including phenoxy) is 1. The molecule has 100 valence electrons. The van der Waals surface area contributed by atoms with Crippen molar-refractivity contribution >= 4 is 0 Å². The first kappa shape index (κ1) is 13.4. The zero-order valence-electron chi connectivity index (χ0n) is 11.1. The number of hydrogen-bond acceptors (Lipinski definition) is 4. The minimum atomic E-state index is -0.399. The third-order valence-electron chi connectivity index (χ3n) is 2.98. The van der Waals surface area contributed by atoms with Crippen LogP contribution in [-0.4, -0.2) is 24.1 Å². The van der Waals surface area contributed by atoms with Gasteiger partial charge in [0.1, 0.15) is 11.5 Å². The van der Waals surface area contributed by atoms with E-state index < -0.39 is 6.04 Å². The van der Waals surface area contributed by atoms with Gasteiger partial charge in [0.05, 0.1) is 13.2 Å². The fourth-order valence-corrected chi connectivity index (χ4v) is 2.02. The van der Waals surface area contributed by atoms with Crippen LogP contribution in [0.4, 0.5) is 4.39 Å². The zero-order valence-corrected chi connectivity index (χ0v) is 11.1. The smallest absolute Gasteiger partial charge is 0.237 e. The molecule has 4 nitrogen and oxygen atoms in total. The Balaban J connectivity index is 2.53. The number of methoxy groups -OCH3 is 1. The molecule has 0 aliphatic rings. The van der Waals surface area contributed by atoms with E-state index in [0.29, 0.717) is 22.7 Å². The van der Waals surface area contributed by atoms with E-state index in [1.807, 2.05) is 6.07 Å². The minimum absolute atomic E-state index is 0.241. The molecule has 1 atom stereocenters. The summed E-state index contributed by atoms with van der Waals surface area (Å²) in [5, 5.41) is 3.05. The molecule has 5 heteroatoms. The van der Waals surface area contributed by atoms with Crippen LogP contribution < -0.4 is 10.1 Å². The highest BCUT2D eigenvalue weighted by Gasteiger charge is 2.22. The summed E-state index contributed by atoms with van der Waals surface area (Å²) in [5.74, 6) is 0.150. The van der Waals surface area contributed by atoms with Gasteiger partial charge in [-0.1, -0.05) is 18.2 Å². The van der Waals surface area contributed by atoms with Crippen LogP contribution in [0.15, 0.2) is 30.6 Å². The zero-order chi connectivity index (χ0) is 13.8. The van der Waals surface area contributed by atoms with Crippen molar-refractivity contribution in [2.24, 2.45) is 0 Å². The van der Waals surface area contributed by atoms with E-state index in [1.54, 1.807) is 38.5 Å². The minimum Gasteiger partial charge on any atom is -0.480 e. The third-order valence-corrected chi connectivity index (χ3v) is 2.98. The second kappa shape index (κ2) is 5.75. The molecule has 1 N–H and O–H groups in total. The van der Waals surface area contributed by atoms with Crippen LogP contribution in [0.3, 0.4) is 0 Å². The Labute approximate surface area is 111 Å². The molecule has 0 fully saturated rings. The molecule has 1 heterocycles. The molecule has 2 aromatic rings. The van der Waals surface area contributed by atoms with Crippen molar-refractivity contribution in [1.29, 1.82) is 0 Å². The normalized spacial score (nSPS) is 12.2. The molecule has 0 aliphatic heterocycles. The molecular weight excluding hydrogens is 245 g/mol. The van der Waals surface area contributed by atoms with Crippen molar-refractivity contribution in [3.8, 4) is 5.88 Å². The molecule has 1 aromatic carbocycles. The maximum absolute atomic E-state index is 14.2. The average Bonchev–Trinajstić information content (AvgIpc) is 2.45. The van der Waals surface area contributed by atoms with Gasteiger partial charge in [0.15, 0.2) is 0 Å². The van der Waals surface area contributed by atoms with Crippen molar-refractivity contribution in [2.75, 3.05) is 14.2 Å². The highest BCUT2D eigenvalue weighted by molar-refractivity contribution is 5.36. The van der Waals surface area contributed by atoms with E-state index in [9.17, 15) is 4.39 Å². The number of nitrogens with zero attached hydrogens (tertiary/aromatic N) is 2. The van der Waals surface area contributed by atoms with E-state index in [-0.39, 0.29) is 5.82 Å². The van der Waals surface area contributed by atoms with E-state index in [4.69, 9.17) is 4.74 Å². The maximum Gasteiger partial charge on any atom is 0.237 e. The summed E-state index contributed by atoms with van der Waals surface area (Å²) in [6.07, 6.45) is 3.11. The summed E-state index contributed by atoms with van der Waals surface area (Å²) in [5.41, 5.74) is 1.69. The molecule has 0 bridgehead atoms. The fourth-order valence-electron chi connectivity index (χ4n) is 2.02. The van der Waals surface area contributed by atoms with Crippen LogP contribution >= 0.6 is 0 Å². The standard InChI is InChI=1S/C14H16FN3O/c1-9-5-4-6-10(11(9)15)12(16-2)13-14(19-3)18-8-7-17-13/h4-8,12,16H,1-3H3. The lowest BCUT2D eigenvalue weighted by Gasteiger charge is -2.19. The highest BCUT2D eigenvalue weighted by Crippen LogP contribution is 2.28. The molecule has 0 aliphatic carbocycles. The van der Waals surface area contributed by atoms with Crippen LogP contribution in [0, 0.1) is 12.7 Å². The Morgan fingerprint density at radius 1 is 1.26 bits per heavy atom. The molecule has 1 aromatic heterocycles. The number of hydrogen-bond donors (Lipinski definition) is 1. The van der Waals surface area contributed by atoms with Gasteiger partial charge in [0.2, 0.25) is 5.88 Å². The van der Waals surface area contributed by atoms with Crippen LogP contribution in [0.2, 0.25) is 0 Å². The molecule has 0 spiro atoms. The molecule has 0 saturated carbocycles. The van der Waals surface area contributed by atoms with Gasteiger partial charge in [-0.15, -0.1) is 0 Å². The molecule has 0 amide bonds. The molecule has 2 rings (SSSR count). The topological polar surface area (TPSA) is 47.0 Å².